The first-order valence-corrected chi connectivity index (χ1v) is 2.53. The fraction of sp³-hybridized carbons (Fsp3) is 0. The molecule has 7 nitrogen and oxygen atoms in total. The van der Waals surface area contributed by atoms with Gasteiger partial charge in [0.25, 0.3) is 5.91 Å². The minimum Gasteiger partial charge on any atom is -0.379 e. The third-order valence-corrected chi connectivity index (χ3v) is 0.898. The zero-order valence-corrected chi connectivity index (χ0v) is 5.24. The SMILES string of the molecule is N#CNC(=O)c1nonc1N. The molecule has 11 heavy (non-hydrogen) atoms. The van der Waals surface area contributed by atoms with Crippen LogP contribution in [0.2, 0.25) is 0 Å². The molecule has 1 heterocycles. The number of aromatic nitrogens is 2. The summed E-state index contributed by atoms with van der Waals surface area (Å²) in [5.41, 5.74) is 4.95. The van der Waals surface area contributed by atoms with Gasteiger partial charge in [-0.05, 0) is 10.3 Å². The van der Waals surface area contributed by atoms with Crippen LogP contribution in [0, 0.1) is 11.5 Å². The average Bonchev–Trinajstić information content (AvgIpc) is 2.36. The van der Waals surface area contributed by atoms with Crippen LogP contribution >= 0.6 is 0 Å². The summed E-state index contributed by atoms with van der Waals surface area (Å²) in [7, 11) is 0. The average molecular weight is 153 g/mol. The second-order valence-electron chi connectivity index (χ2n) is 1.56. The van der Waals surface area contributed by atoms with E-state index in [0.717, 1.165) is 0 Å². The second kappa shape index (κ2) is 2.66. The number of amides is 1. The topological polar surface area (TPSA) is 118 Å². The first kappa shape index (κ1) is 7.01. The Morgan fingerprint density at radius 1 is 1.73 bits per heavy atom. The molecule has 0 aliphatic heterocycles. The summed E-state index contributed by atoms with van der Waals surface area (Å²) < 4.78 is 4.12. The third-order valence-electron chi connectivity index (χ3n) is 0.898. The highest BCUT2D eigenvalue weighted by molar-refractivity contribution is 5.96. The quantitative estimate of drug-likeness (QED) is 0.389. The third kappa shape index (κ3) is 1.24. The molecule has 0 atom stereocenters. The molecule has 0 aliphatic carbocycles. The fourth-order valence-electron chi connectivity index (χ4n) is 0.463. The molecule has 1 rings (SSSR count). The van der Waals surface area contributed by atoms with Gasteiger partial charge in [0, 0.05) is 0 Å². The Balaban J connectivity index is 2.86. The summed E-state index contributed by atoms with van der Waals surface area (Å²) in [5, 5.41) is 16.1. The largest absolute Gasteiger partial charge is 0.379 e. The number of anilines is 1. The normalized spacial score (nSPS) is 8.64. The molecular formula is C4H3N5O2. The van der Waals surface area contributed by atoms with Gasteiger partial charge in [0.15, 0.2) is 6.19 Å². The van der Waals surface area contributed by atoms with Crippen molar-refractivity contribution in [2.24, 2.45) is 0 Å². The number of nitrogen functional groups attached to an aromatic ring is 1. The van der Waals surface area contributed by atoms with Gasteiger partial charge in [-0.3, -0.25) is 10.1 Å². The van der Waals surface area contributed by atoms with E-state index in [1.54, 1.807) is 0 Å². The van der Waals surface area contributed by atoms with Crippen molar-refractivity contribution in [3.8, 4) is 6.19 Å². The molecule has 0 bridgehead atoms. The van der Waals surface area contributed by atoms with E-state index >= 15 is 0 Å². The predicted octanol–water partition coefficient (Wildman–Crippen LogP) is -1.14. The maximum Gasteiger partial charge on any atom is 0.290 e. The number of hydrogen-bond acceptors (Lipinski definition) is 6. The Hall–Kier alpha value is -2.10. The fourth-order valence-corrected chi connectivity index (χ4v) is 0.463. The van der Waals surface area contributed by atoms with Crippen molar-refractivity contribution in [1.29, 1.82) is 5.26 Å². The molecule has 7 heteroatoms. The standard InChI is InChI=1S/C4H3N5O2/c5-1-7-4(10)2-3(6)9-11-8-2/h(H2,6,9)(H,7,10). The number of nitrogens with zero attached hydrogens (tertiary/aromatic N) is 3. The molecule has 0 fully saturated rings. The van der Waals surface area contributed by atoms with E-state index in [4.69, 9.17) is 11.0 Å². The van der Waals surface area contributed by atoms with Gasteiger partial charge < -0.3 is 5.73 Å². The summed E-state index contributed by atoms with van der Waals surface area (Å²) in [6.45, 7) is 0. The number of nitriles is 1. The molecule has 0 aromatic carbocycles. The van der Waals surface area contributed by atoms with Crippen molar-refractivity contribution in [3.05, 3.63) is 5.69 Å². The van der Waals surface area contributed by atoms with Crippen LogP contribution in [0.1, 0.15) is 10.5 Å². The molecule has 1 amide bonds. The highest BCUT2D eigenvalue weighted by Gasteiger charge is 2.14. The van der Waals surface area contributed by atoms with Gasteiger partial charge in [-0.25, -0.2) is 4.63 Å². The van der Waals surface area contributed by atoms with Gasteiger partial charge in [0.2, 0.25) is 11.5 Å². The van der Waals surface area contributed by atoms with Crippen molar-refractivity contribution in [2.45, 2.75) is 0 Å². The summed E-state index contributed by atoms with van der Waals surface area (Å²) in [5.74, 6) is -0.871. The van der Waals surface area contributed by atoms with E-state index in [2.05, 4.69) is 14.9 Å². The van der Waals surface area contributed by atoms with Crippen molar-refractivity contribution < 1.29 is 9.42 Å². The van der Waals surface area contributed by atoms with E-state index in [9.17, 15) is 4.79 Å². The lowest BCUT2D eigenvalue weighted by atomic mass is 10.4. The van der Waals surface area contributed by atoms with E-state index in [1.807, 2.05) is 5.32 Å². The van der Waals surface area contributed by atoms with E-state index < -0.39 is 5.91 Å². The number of hydrogen-bond donors (Lipinski definition) is 2. The molecule has 0 radical (unpaired) electrons. The summed E-state index contributed by atoms with van der Waals surface area (Å²) in [6.07, 6.45) is 1.42. The molecule has 56 valence electrons. The lowest BCUT2D eigenvalue weighted by Crippen LogP contribution is -2.18. The monoisotopic (exact) mass is 153 g/mol. The van der Waals surface area contributed by atoms with Gasteiger partial charge in [0.1, 0.15) is 0 Å². The first-order valence-electron chi connectivity index (χ1n) is 2.53. The number of nitrogens with two attached hydrogens (primary N) is 1. The highest BCUT2D eigenvalue weighted by atomic mass is 16.6. The van der Waals surface area contributed by atoms with Crippen LogP contribution in [0.5, 0.6) is 0 Å². The molecule has 0 spiro atoms. The van der Waals surface area contributed by atoms with Gasteiger partial charge in [-0.15, -0.1) is 0 Å². The molecule has 0 saturated carbocycles. The number of rotatable bonds is 1. The Labute approximate surface area is 60.7 Å². The smallest absolute Gasteiger partial charge is 0.290 e. The van der Waals surface area contributed by atoms with Crippen LogP contribution in [0.4, 0.5) is 5.82 Å². The second-order valence-corrected chi connectivity index (χ2v) is 1.56. The summed E-state index contributed by atoms with van der Waals surface area (Å²) in [4.78, 5) is 10.8. The van der Waals surface area contributed by atoms with Crippen LogP contribution < -0.4 is 11.1 Å². The molecule has 3 N–H and O–H groups in total. The Morgan fingerprint density at radius 3 is 2.91 bits per heavy atom. The minimum absolute atomic E-state index is 0.141. The Morgan fingerprint density at radius 2 is 2.45 bits per heavy atom. The van der Waals surface area contributed by atoms with Crippen LogP contribution in [0.15, 0.2) is 4.63 Å². The minimum atomic E-state index is -0.730. The van der Waals surface area contributed by atoms with Gasteiger partial charge in [0.05, 0.1) is 0 Å². The number of carbonyl (C=O) groups is 1. The maximum atomic E-state index is 10.8. The van der Waals surface area contributed by atoms with Crippen LogP contribution in [0.3, 0.4) is 0 Å². The van der Waals surface area contributed by atoms with Gasteiger partial charge in [-0.2, -0.15) is 5.26 Å². The van der Waals surface area contributed by atoms with Crippen molar-refractivity contribution >= 4 is 11.7 Å². The maximum absolute atomic E-state index is 10.8. The Bertz CT molecular complexity index is 311. The van der Waals surface area contributed by atoms with Crippen LogP contribution in [-0.2, 0) is 0 Å². The van der Waals surface area contributed by atoms with Crippen molar-refractivity contribution in [3.63, 3.8) is 0 Å². The zero-order chi connectivity index (χ0) is 8.27. The van der Waals surface area contributed by atoms with E-state index in [1.165, 1.54) is 6.19 Å². The lowest BCUT2D eigenvalue weighted by Gasteiger charge is -1.87. The molecular weight excluding hydrogens is 150 g/mol. The predicted molar refractivity (Wildman–Crippen MR) is 31.8 cm³/mol. The Kier molecular flexibility index (Phi) is 1.69. The van der Waals surface area contributed by atoms with Crippen LogP contribution in [-0.4, -0.2) is 16.2 Å². The summed E-state index contributed by atoms with van der Waals surface area (Å²) in [6, 6.07) is 0. The highest BCUT2D eigenvalue weighted by Crippen LogP contribution is 2.02. The zero-order valence-electron chi connectivity index (χ0n) is 5.24. The first-order chi connectivity index (χ1) is 5.25. The van der Waals surface area contributed by atoms with Crippen molar-refractivity contribution in [2.75, 3.05) is 5.73 Å². The van der Waals surface area contributed by atoms with Crippen LogP contribution in [0.25, 0.3) is 0 Å². The van der Waals surface area contributed by atoms with Crippen molar-refractivity contribution in [1.82, 2.24) is 15.6 Å². The molecule has 1 aromatic rings. The molecule has 1 aromatic heterocycles. The van der Waals surface area contributed by atoms with E-state index in [0.29, 0.717) is 0 Å². The molecule has 0 aliphatic rings. The number of nitrogens with one attached hydrogen (secondary N) is 1. The number of carbonyl (C=O) groups excluding carboxylic acids is 1. The summed E-state index contributed by atoms with van der Waals surface area (Å²) >= 11 is 0. The lowest BCUT2D eigenvalue weighted by molar-refractivity contribution is 0.0964. The van der Waals surface area contributed by atoms with Gasteiger partial charge >= 0.3 is 0 Å². The molecule has 0 saturated heterocycles. The van der Waals surface area contributed by atoms with Gasteiger partial charge in [-0.1, -0.05) is 0 Å². The van der Waals surface area contributed by atoms with E-state index in [-0.39, 0.29) is 11.5 Å². The molecule has 0 unspecified atom stereocenters.